The van der Waals surface area contributed by atoms with Gasteiger partial charge in [0.2, 0.25) is 0 Å². The van der Waals surface area contributed by atoms with Crippen molar-refractivity contribution in [1.29, 1.82) is 0 Å². The van der Waals surface area contributed by atoms with Gasteiger partial charge >= 0.3 is 0 Å². The maximum atomic E-state index is 9.56. The molecule has 0 heterocycles. The summed E-state index contributed by atoms with van der Waals surface area (Å²) in [6.07, 6.45) is 3.28. The van der Waals surface area contributed by atoms with Crippen molar-refractivity contribution in [2.45, 2.75) is 0 Å². The van der Waals surface area contributed by atoms with Crippen LogP contribution in [0.1, 0.15) is 0 Å². The van der Waals surface area contributed by atoms with Crippen molar-refractivity contribution in [2.24, 2.45) is 0 Å². The van der Waals surface area contributed by atoms with E-state index in [0.29, 0.717) is 0 Å². The fourth-order valence-electron chi connectivity index (χ4n) is 0. The summed E-state index contributed by atoms with van der Waals surface area (Å²) in [7, 11) is -0.611. The molecule has 0 saturated heterocycles. The quantitative estimate of drug-likeness (QED) is 0.405. The molecular weight excluding hydrogens is 391 g/mol. The summed E-state index contributed by atoms with van der Waals surface area (Å²) in [5.74, 6) is 0. The summed E-state index contributed by atoms with van der Waals surface area (Å²) in [5, 5.41) is 27.3. The number of rotatable bonds is 0. The van der Waals surface area contributed by atoms with Crippen LogP contribution >= 0.6 is 0 Å². The molecule has 0 aromatic carbocycles. The smallest absolute Gasteiger partial charge is 0.291 e. The van der Waals surface area contributed by atoms with E-state index >= 15 is 0 Å². The van der Waals surface area contributed by atoms with Crippen LogP contribution in [0.25, 0.3) is 0 Å². The first-order valence-electron chi connectivity index (χ1n) is 2.11. The standard InChI is InChI=1S/C2H6OS.2HNO3.Pt/c1-4(2)3;2*2-1(3)4;/h1-2H3;2*(H,2,3,4);. The summed E-state index contributed by atoms with van der Waals surface area (Å²) < 4.78 is 9.56. The van der Waals surface area contributed by atoms with Gasteiger partial charge in [0.15, 0.2) is 0 Å². The minimum absolute atomic E-state index is 0. The molecule has 9 nitrogen and oxygen atoms in total. The van der Waals surface area contributed by atoms with Crippen molar-refractivity contribution in [2.75, 3.05) is 12.5 Å². The van der Waals surface area contributed by atoms with Crippen LogP contribution in [0, 0.1) is 20.2 Å². The SMILES string of the molecule is CS(C)=O.O=[N+]([O-])O.O=[N+]([O-])O.[Pt]. The van der Waals surface area contributed by atoms with E-state index in [1.807, 2.05) is 0 Å². The van der Waals surface area contributed by atoms with Crippen LogP contribution in [0.2, 0.25) is 0 Å². The Morgan fingerprint density at radius 1 is 1.08 bits per heavy atom. The Morgan fingerprint density at radius 2 is 1.08 bits per heavy atom. The summed E-state index contributed by atoms with van der Waals surface area (Å²) in [4.78, 5) is 16.7. The largest absolute Gasteiger partial charge is 0.328 e. The summed E-state index contributed by atoms with van der Waals surface area (Å²) in [6, 6.07) is 0. The van der Waals surface area contributed by atoms with E-state index in [0.717, 1.165) is 0 Å². The van der Waals surface area contributed by atoms with Gasteiger partial charge in [0.25, 0.3) is 10.2 Å². The third-order valence-electron chi connectivity index (χ3n) is 0. The van der Waals surface area contributed by atoms with E-state index in [2.05, 4.69) is 0 Å². The predicted molar refractivity (Wildman–Crippen MR) is 37.6 cm³/mol. The first-order valence-corrected chi connectivity index (χ1v) is 4.08. The van der Waals surface area contributed by atoms with Crippen LogP contribution in [0.5, 0.6) is 0 Å². The fourth-order valence-corrected chi connectivity index (χ4v) is 0. The minimum atomic E-state index is -1.50. The molecule has 0 aromatic heterocycles. The zero-order valence-electron chi connectivity index (χ0n) is 6.55. The van der Waals surface area contributed by atoms with Gasteiger partial charge in [-0.15, -0.1) is 20.2 Å². The first-order chi connectivity index (χ1) is 5.20. The minimum Gasteiger partial charge on any atom is -0.328 e. The molecule has 0 bridgehead atoms. The number of nitrogens with zero attached hydrogens (tertiary/aromatic N) is 2. The topological polar surface area (TPSA) is 144 Å². The Bertz CT molecular complexity index is 122. The van der Waals surface area contributed by atoms with E-state index < -0.39 is 21.0 Å². The van der Waals surface area contributed by atoms with E-state index in [-0.39, 0.29) is 21.1 Å². The van der Waals surface area contributed by atoms with Crippen LogP contribution in [0.15, 0.2) is 0 Å². The molecule has 0 unspecified atom stereocenters. The Hall–Kier alpha value is -0.762. The molecule has 2 N–H and O–H groups in total. The van der Waals surface area contributed by atoms with Crippen molar-refractivity contribution in [1.82, 2.24) is 0 Å². The molecule has 11 heteroatoms. The number of hydrogen-bond acceptors (Lipinski definition) is 5. The van der Waals surface area contributed by atoms with Gasteiger partial charge in [0, 0.05) is 44.4 Å². The Kier molecular flexibility index (Phi) is 30.4. The Balaban J connectivity index is -0.0000000450. The molecule has 0 rings (SSSR count). The van der Waals surface area contributed by atoms with Crippen molar-refractivity contribution in [3.63, 3.8) is 0 Å². The van der Waals surface area contributed by atoms with Crippen molar-refractivity contribution in [3.05, 3.63) is 20.2 Å². The van der Waals surface area contributed by atoms with Crippen molar-refractivity contribution in [3.8, 4) is 0 Å². The van der Waals surface area contributed by atoms with Gasteiger partial charge in [-0.05, 0) is 0 Å². The van der Waals surface area contributed by atoms with Gasteiger partial charge in [-0.25, -0.2) is 0 Å². The summed E-state index contributed by atoms with van der Waals surface area (Å²) >= 11 is 0. The second-order valence-electron chi connectivity index (χ2n) is 1.22. The molecule has 0 saturated carbocycles. The molecule has 0 aliphatic rings. The maximum Gasteiger partial charge on any atom is 0.291 e. The van der Waals surface area contributed by atoms with Gasteiger partial charge in [-0.2, -0.15) is 0 Å². The first kappa shape index (κ1) is 22.8. The second kappa shape index (κ2) is 17.4. The molecule has 0 aliphatic carbocycles. The van der Waals surface area contributed by atoms with Gasteiger partial charge in [-0.3, -0.25) is 4.21 Å². The molecule has 0 fully saturated rings. The van der Waals surface area contributed by atoms with E-state index in [1.54, 1.807) is 12.5 Å². The van der Waals surface area contributed by atoms with E-state index in [9.17, 15) is 4.21 Å². The average molecular weight is 399 g/mol. The molecule has 0 spiro atoms. The Morgan fingerprint density at radius 3 is 1.08 bits per heavy atom. The van der Waals surface area contributed by atoms with Gasteiger partial charge in [-0.1, -0.05) is 0 Å². The fraction of sp³-hybridized carbons (Fsp3) is 1.00. The van der Waals surface area contributed by atoms with Gasteiger partial charge < -0.3 is 10.4 Å². The third kappa shape index (κ3) is 1650. The third-order valence-corrected chi connectivity index (χ3v) is 0. The zero-order valence-corrected chi connectivity index (χ0v) is 9.64. The Labute approximate surface area is 89.7 Å². The molecule has 0 radical (unpaired) electrons. The molecule has 0 aliphatic heterocycles. The van der Waals surface area contributed by atoms with E-state index in [1.165, 1.54) is 0 Å². The van der Waals surface area contributed by atoms with Crippen molar-refractivity contribution < 1.29 is 45.9 Å². The normalized spacial score (nSPS) is 6.38. The average Bonchev–Trinajstić information content (AvgIpc) is 1.54. The van der Waals surface area contributed by atoms with Crippen LogP contribution in [-0.2, 0) is 31.9 Å². The monoisotopic (exact) mass is 399 g/mol. The zero-order chi connectivity index (χ0) is 10.7. The maximum absolute atomic E-state index is 9.56. The molecule has 0 aromatic rings. The molecular formula is C2H8N2O7PtS. The molecule has 84 valence electrons. The van der Waals surface area contributed by atoms with Crippen LogP contribution in [-0.4, -0.2) is 37.3 Å². The van der Waals surface area contributed by atoms with Gasteiger partial charge in [0.1, 0.15) is 0 Å². The van der Waals surface area contributed by atoms with E-state index in [4.69, 9.17) is 30.6 Å². The van der Waals surface area contributed by atoms with Crippen LogP contribution in [0.4, 0.5) is 0 Å². The van der Waals surface area contributed by atoms with Gasteiger partial charge in [0.05, 0.1) is 0 Å². The summed E-state index contributed by atoms with van der Waals surface area (Å²) in [5.41, 5.74) is 0. The van der Waals surface area contributed by atoms with Crippen LogP contribution < -0.4 is 0 Å². The number of hydrogen-bond donors (Lipinski definition) is 2. The molecule has 0 amide bonds. The predicted octanol–water partition coefficient (Wildman–Crippen LogP) is -0.703. The second-order valence-corrected chi connectivity index (χ2v) is 2.70. The summed E-state index contributed by atoms with van der Waals surface area (Å²) in [6.45, 7) is 0. The van der Waals surface area contributed by atoms with Crippen LogP contribution in [0.3, 0.4) is 0 Å². The molecule has 13 heavy (non-hydrogen) atoms. The molecule has 0 atom stereocenters. The van der Waals surface area contributed by atoms with Crippen molar-refractivity contribution >= 4 is 10.8 Å².